The maximum Gasteiger partial charge on any atom is 0.264 e. The monoisotopic (exact) mass is 564 g/mol. The number of benzene rings is 2. The average Bonchev–Trinajstić information content (AvgIpc) is 2.93. The van der Waals surface area contributed by atoms with Crippen LogP contribution in [0.3, 0.4) is 0 Å². The molecule has 0 bridgehead atoms. The zero-order valence-corrected chi connectivity index (χ0v) is 24.4. The van der Waals surface area contributed by atoms with Crippen LogP contribution < -0.4 is 14.2 Å². The molecule has 2 aromatic rings. The van der Waals surface area contributed by atoms with Crippen molar-refractivity contribution in [2.24, 2.45) is 0 Å². The van der Waals surface area contributed by atoms with Crippen LogP contribution in [-0.2, 0) is 35.6 Å². The highest BCUT2D eigenvalue weighted by atomic mass is 32.2. The Bertz CT molecular complexity index is 1090. The predicted octanol–water partition coefficient (Wildman–Crippen LogP) is 6.01. The summed E-state index contributed by atoms with van der Waals surface area (Å²) in [5.41, 5.74) is 2.33. The number of methoxy groups -OCH3 is 2. The molecule has 1 unspecified atom stereocenters. The third-order valence-electron chi connectivity index (χ3n) is 7.07. The van der Waals surface area contributed by atoms with Crippen LogP contribution in [0, 0.1) is 0 Å². The van der Waals surface area contributed by atoms with E-state index in [1.54, 1.807) is 14.2 Å². The van der Waals surface area contributed by atoms with Crippen molar-refractivity contribution in [3.63, 3.8) is 0 Å². The van der Waals surface area contributed by atoms with Crippen molar-refractivity contribution in [1.29, 1.82) is 0 Å². The van der Waals surface area contributed by atoms with Gasteiger partial charge in [0.25, 0.3) is 10.1 Å². The second-order valence-corrected chi connectivity index (χ2v) is 11.9. The highest BCUT2D eigenvalue weighted by Gasteiger charge is 2.37. The van der Waals surface area contributed by atoms with Crippen molar-refractivity contribution in [2.75, 3.05) is 47.3 Å². The fraction of sp³-hybridized carbons (Fsp3) is 0.600. The second-order valence-electron chi connectivity index (χ2n) is 10.2. The van der Waals surface area contributed by atoms with Crippen LogP contribution in [0.1, 0.15) is 68.9 Å². The maximum atomic E-state index is 11.0. The molecule has 0 saturated heterocycles. The molecule has 0 spiro atoms. The van der Waals surface area contributed by atoms with E-state index in [2.05, 4.69) is 18.2 Å². The quantitative estimate of drug-likeness (QED) is 0.116. The molecule has 0 N–H and O–H groups in total. The highest BCUT2D eigenvalue weighted by molar-refractivity contribution is 7.85. The molecule has 1 aliphatic rings. The summed E-state index contributed by atoms with van der Waals surface area (Å²) in [5, 5.41) is 0. The Labute approximate surface area is 234 Å². The molecule has 9 heteroatoms. The largest absolute Gasteiger partial charge is 0.492 e. The first-order valence-corrected chi connectivity index (χ1v) is 15.6. The van der Waals surface area contributed by atoms with Crippen LogP contribution in [-0.4, -0.2) is 55.7 Å². The van der Waals surface area contributed by atoms with Crippen molar-refractivity contribution in [1.82, 2.24) is 0 Å². The van der Waals surface area contributed by atoms with E-state index in [0.29, 0.717) is 6.61 Å². The van der Waals surface area contributed by atoms with Gasteiger partial charge in [-0.2, -0.15) is 8.42 Å². The first-order chi connectivity index (χ1) is 18.8. The van der Waals surface area contributed by atoms with Crippen LogP contribution in [0.5, 0.6) is 17.2 Å². The Morgan fingerprint density at radius 1 is 0.795 bits per heavy atom. The Morgan fingerprint density at radius 3 is 2.03 bits per heavy atom. The third-order valence-corrected chi connectivity index (χ3v) is 7.67. The molecule has 8 nitrogen and oxygen atoms in total. The molecule has 0 fully saturated rings. The molecule has 39 heavy (non-hydrogen) atoms. The summed E-state index contributed by atoms with van der Waals surface area (Å²) >= 11 is 0. The molecule has 0 radical (unpaired) electrons. The molecule has 0 saturated carbocycles. The minimum absolute atomic E-state index is 0.110. The minimum atomic E-state index is -3.32. The van der Waals surface area contributed by atoms with Crippen molar-refractivity contribution < 1.29 is 36.3 Å². The first kappa shape index (κ1) is 31.2. The van der Waals surface area contributed by atoms with Gasteiger partial charge in [-0.3, -0.25) is 4.18 Å². The van der Waals surface area contributed by atoms with Crippen molar-refractivity contribution >= 4 is 10.1 Å². The van der Waals surface area contributed by atoms with Gasteiger partial charge in [0.15, 0.2) is 13.6 Å². The fourth-order valence-corrected chi connectivity index (χ4v) is 5.44. The average molecular weight is 565 g/mol. The van der Waals surface area contributed by atoms with E-state index in [4.69, 9.17) is 27.9 Å². The van der Waals surface area contributed by atoms with Gasteiger partial charge in [0, 0.05) is 25.7 Å². The highest BCUT2D eigenvalue weighted by Crippen LogP contribution is 2.42. The summed E-state index contributed by atoms with van der Waals surface area (Å²) < 4.78 is 54.4. The molecule has 0 aliphatic carbocycles. The van der Waals surface area contributed by atoms with Crippen LogP contribution in [0.15, 0.2) is 42.5 Å². The molecule has 0 aromatic heterocycles. The molecule has 1 atom stereocenters. The SMILES string of the molecule is COCOc1ccc(C2(CCCCCCCCCCOS(C)(=O)=O)COc3cc(OCOC)ccc3C2)cc1. The van der Waals surface area contributed by atoms with Crippen LogP contribution >= 0.6 is 0 Å². The second kappa shape index (κ2) is 16.1. The van der Waals surface area contributed by atoms with E-state index < -0.39 is 10.1 Å². The van der Waals surface area contributed by atoms with Gasteiger partial charge in [-0.1, -0.05) is 63.1 Å². The number of hydrogen-bond acceptors (Lipinski definition) is 8. The standard InChI is InChI=1S/C30H44O8S/c1-33-23-36-27-16-13-26(14-17-27)30(18-10-8-6-4-5-7-9-11-19-38-39(3,31)32)21-25-12-15-28(37-24-34-2)20-29(25)35-22-30/h12-17,20H,4-11,18-19,21-24H2,1-3H3. The number of unbranched alkanes of at least 4 members (excludes halogenated alkanes) is 7. The predicted molar refractivity (Wildman–Crippen MR) is 151 cm³/mol. The van der Waals surface area contributed by atoms with Gasteiger partial charge in [-0.25, -0.2) is 0 Å². The summed E-state index contributed by atoms with van der Waals surface area (Å²) in [5.74, 6) is 2.41. The number of rotatable bonds is 19. The van der Waals surface area contributed by atoms with Gasteiger partial charge >= 0.3 is 0 Å². The first-order valence-electron chi connectivity index (χ1n) is 13.8. The van der Waals surface area contributed by atoms with E-state index in [-0.39, 0.29) is 25.6 Å². The smallest absolute Gasteiger partial charge is 0.264 e. The van der Waals surface area contributed by atoms with E-state index >= 15 is 0 Å². The maximum absolute atomic E-state index is 11.0. The third kappa shape index (κ3) is 10.6. The normalized spacial score (nSPS) is 16.9. The Morgan fingerprint density at radius 2 is 1.38 bits per heavy atom. The summed E-state index contributed by atoms with van der Waals surface area (Å²) in [6, 6.07) is 14.4. The summed E-state index contributed by atoms with van der Waals surface area (Å²) in [7, 11) is -0.105. The fourth-order valence-electron chi connectivity index (χ4n) is 5.02. The van der Waals surface area contributed by atoms with Gasteiger partial charge < -0.3 is 23.7 Å². The summed E-state index contributed by atoms with van der Waals surface area (Å²) in [6.07, 6.45) is 11.8. The molecule has 218 valence electrons. The van der Waals surface area contributed by atoms with E-state index in [1.165, 1.54) is 30.4 Å². The lowest BCUT2D eigenvalue weighted by Gasteiger charge is -2.39. The molecule has 1 heterocycles. The van der Waals surface area contributed by atoms with E-state index in [1.807, 2.05) is 24.3 Å². The lowest BCUT2D eigenvalue weighted by Crippen LogP contribution is -2.39. The van der Waals surface area contributed by atoms with Crippen LogP contribution in [0.25, 0.3) is 0 Å². The van der Waals surface area contributed by atoms with Crippen molar-refractivity contribution in [3.8, 4) is 17.2 Å². The van der Waals surface area contributed by atoms with Crippen molar-refractivity contribution in [3.05, 3.63) is 53.6 Å². The Hall–Kier alpha value is -2.33. The number of hydrogen-bond donors (Lipinski definition) is 0. The van der Waals surface area contributed by atoms with Crippen LogP contribution in [0.4, 0.5) is 0 Å². The zero-order chi connectivity index (χ0) is 28.0. The summed E-state index contributed by atoms with van der Waals surface area (Å²) in [4.78, 5) is 0. The van der Waals surface area contributed by atoms with Gasteiger partial charge in [-0.15, -0.1) is 0 Å². The number of ether oxygens (including phenoxy) is 5. The minimum Gasteiger partial charge on any atom is -0.492 e. The van der Waals surface area contributed by atoms with E-state index in [9.17, 15) is 8.42 Å². The van der Waals surface area contributed by atoms with Crippen molar-refractivity contribution in [2.45, 2.75) is 69.6 Å². The molecular formula is C30H44O8S. The van der Waals surface area contributed by atoms with E-state index in [0.717, 1.165) is 68.5 Å². The Kier molecular flexibility index (Phi) is 12.8. The lowest BCUT2D eigenvalue weighted by molar-refractivity contribution is 0.0505. The lowest BCUT2D eigenvalue weighted by atomic mass is 9.71. The van der Waals surface area contributed by atoms with Gasteiger partial charge in [0.05, 0.1) is 19.5 Å². The topological polar surface area (TPSA) is 89.5 Å². The molecule has 2 aromatic carbocycles. The van der Waals surface area contributed by atoms with Crippen LogP contribution in [0.2, 0.25) is 0 Å². The molecular weight excluding hydrogens is 520 g/mol. The zero-order valence-electron chi connectivity index (χ0n) is 23.6. The summed E-state index contributed by atoms with van der Waals surface area (Å²) in [6.45, 7) is 1.33. The molecule has 0 amide bonds. The van der Waals surface area contributed by atoms with Gasteiger partial charge in [-0.05, 0) is 48.6 Å². The van der Waals surface area contributed by atoms with Gasteiger partial charge in [0.2, 0.25) is 0 Å². The Balaban J connectivity index is 1.53. The molecule has 3 rings (SSSR count). The van der Waals surface area contributed by atoms with Gasteiger partial charge in [0.1, 0.15) is 17.2 Å². The molecule has 1 aliphatic heterocycles. The number of fused-ring (bicyclic) bond motifs is 1.